The summed E-state index contributed by atoms with van der Waals surface area (Å²) in [7, 11) is 0. The maximum absolute atomic E-state index is 6.05. The van der Waals surface area contributed by atoms with Crippen LogP contribution in [0.4, 0.5) is 23.5 Å². The maximum atomic E-state index is 6.05. The number of benzene rings is 2. The summed E-state index contributed by atoms with van der Waals surface area (Å²) in [4.78, 5) is 15.6. The number of ether oxygens (including phenoxy) is 1. The van der Waals surface area contributed by atoms with Gasteiger partial charge >= 0.3 is 0 Å². The van der Waals surface area contributed by atoms with Crippen LogP contribution in [0.2, 0.25) is 10.0 Å². The van der Waals surface area contributed by atoms with Crippen LogP contribution in [0.5, 0.6) is 0 Å². The van der Waals surface area contributed by atoms with Gasteiger partial charge in [0.2, 0.25) is 17.8 Å². The molecule has 11 heteroatoms. The van der Waals surface area contributed by atoms with Crippen molar-refractivity contribution in [3.05, 3.63) is 62.5 Å². The van der Waals surface area contributed by atoms with Gasteiger partial charge in [-0.05, 0) is 35.9 Å². The number of nitrogens with one attached hydrogen (secondary N) is 2. The van der Waals surface area contributed by atoms with Crippen LogP contribution in [-0.4, -0.2) is 47.5 Å². The Balaban J connectivity index is 1.57. The van der Waals surface area contributed by atoms with Gasteiger partial charge in [0.1, 0.15) is 0 Å². The second-order valence-electron chi connectivity index (χ2n) is 6.56. The molecule has 1 aliphatic heterocycles. The molecule has 160 valence electrons. The van der Waals surface area contributed by atoms with Crippen molar-refractivity contribution in [3.8, 4) is 0 Å². The van der Waals surface area contributed by atoms with Crippen LogP contribution in [0.15, 0.2) is 52.0 Å². The van der Waals surface area contributed by atoms with Crippen molar-refractivity contribution in [3.63, 3.8) is 0 Å². The molecular weight excluding hydrogens is 505 g/mol. The van der Waals surface area contributed by atoms with Gasteiger partial charge in [0, 0.05) is 23.2 Å². The molecule has 2 heterocycles. The average Bonchev–Trinajstić information content (AvgIpc) is 2.77. The summed E-state index contributed by atoms with van der Waals surface area (Å²) < 4.78 is 6.38. The van der Waals surface area contributed by atoms with E-state index in [1.807, 2.05) is 35.2 Å². The molecule has 0 amide bonds. The number of hydrazone groups is 1. The zero-order valence-electron chi connectivity index (χ0n) is 16.2. The molecule has 0 radical (unpaired) electrons. The standard InChI is InChI=1S/C20H18BrCl2N7O/c21-14-2-1-3-15(11-14)25-18-26-19(28-20(27-18)30-6-8-31-9-7-30)29-24-12-13-4-5-16(22)17(23)10-13/h1-5,10-12H,6-9H2,(H2,25,26,27,28,29)/b24-12+. The summed E-state index contributed by atoms with van der Waals surface area (Å²) in [5.74, 6) is 1.26. The van der Waals surface area contributed by atoms with Crippen LogP contribution in [0.1, 0.15) is 5.56 Å². The van der Waals surface area contributed by atoms with Crippen LogP contribution in [0, 0.1) is 0 Å². The third kappa shape index (κ3) is 6.04. The van der Waals surface area contributed by atoms with E-state index in [9.17, 15) is 0 Å². The molecule has 0 aliphatic carbocycles. The van der Waals surface area contributed by atoms with E-state index in [0.717, 1.165) is 15.7 Å². The van der Waals surface area contributed by atoms with Gasteiger partial charge in [0.05, 0.1) is 29.5 Å². The molecule has 3 aromatic rings. The molecule has 1 saturated heterocycles. The van der Waals surface area contributed by atoms with Gasteiger partial charge in [0.15, 0.2) is 0 Å². The first-order chi connectivity index (χ1) is 15.1. The fraction of sp³-hybridized carbons (Fsp3) is 0.200. The van der Waals surface area contributed by atoms with Crippen LogP contribution >= 0.6 is 39.1 Å². The highest BCUT2D eigenvalue weighted by molar-refractivity contribution is 9.10. The lowest BCUT2D eigenvalue weighted by atomic mass is 10.2. The van der Waals surface area contributed by atoms with Crippen LogP contribution in [0.3, 0.4) is 0 Å². The zero-order valence-corrected chi connectivity index (χ0v) is 19.3. The van der Waals surface area contributed by atoms with Crippen molar-refractivity contribution in [1.82, 2.24) is 15.0 Å². The molecule has 0 saturated carbocycles. The SMILES string of the molecule is Clc1ccc(/C=N/Nc2nc(Nc3cccc(Br)c3)nc(N3CCOCC3)n2)cc1Cl. The Morgan fingerprint density at radius 1 is 1.00 bits per heavy atom. The van der Waals surface area contributed by atoms with Gasteiger partial charge < -0.3 is 15.0 Å². The van der Waals surface area contributed by atoms with Gasteiger partial charge in [-0.3, -0.25) is 0 Å². The first-order valence-electron chi connectivity index (χ1n) is 9.42. The highest BCUT2D eigenvalue weighted by atomic mass is 79.9. The number of morpholine rings is 1. The largest absolute Gasteiger partial charge is 0.378 e. The van der Waals surface area contributed by atoms with Crippen LogP contribution < -0.4 is 15.6 Å². The van der Waals surface area contributed by atoms with Crippen molar-refractivity contribution in [2.75, 3.05) is 41.9 Å². The lowest BCUT2D eigenvalue weighted by Gasteiger charge is -2.27. The summed E-state index contributed by atoms with van der Waals surface area (Å²) in [6, 6.07) is 13.0. The molecule has 31 heavy (non-hydrogen) atoms. The van der Waals surface area contributed by atoms with Crippen molar-refractivity contribution in [1.29, 1.82) is 0 Å². The van der Waals surface area contributed by atoms with E-state index in [2.05, 4.69) is 46.7 Å². The Morgan fingerprint density at radius 3 is 2.58 bits per heavy atom. The van der Waals surface area contributed by atoms with Crippen molar-refractivity contribution >= 4 is 68.9 Å². The lowest BCUT2D eigenvalue weighted by Crippen LogP contribution is -2.37. The lowest BCUT2D eigenvalue weighted by molar-refractivity contribution is 0.122. The summed E-state index contributed by atoms with van der Waals surface area (Å²) in [5.41, 5.74) is 4.50. The molecule has 1 fully saturated rings. The number of nitrogens with zero attached hydrogens (tertiary/aromatic N) is 5. The quantitative estimate of drug-likeness (QED) is 0.349. The molecule has 0 unspecified atom stereocenters. The maximum Gasteiger partial charge on any atom is 0.250 e. The third-order valence-corrected chi connectivity index (χ3v) is 5.55. The Kier molecular flexibility index (Phi) is 7.18. The Bertz CT molecular complexity index is 1090. The summed E-state index contributed by atoms with van der Waals surface area (Å²) >= 11 is 15.5. The normalized spacial score (nSPS) is 14.1. The predicted molar refractivity (Wildman–Crippen MR) is 128 cm³/mol. The molecule has 8 nitrogen and oxygen atoms in total. The molecule has 4 rings (SSSR count). The summed E-state index contributed by atoms with van der Waals surface area (Å²) in [5, 5.41) is 8.38. The Labute approximate surface area is 197 Å². The zero-order chi connectivity index (χ0) is 21.6. The number of anilines is 4. The van der Waals surface area contributed by atoms with Crippen molar-refractivity contribution < 1.29 is 4.74 Å². The highest BCUT2D eigenvalue weighted by Crippen LogP contribution is 2.23. The van der Waals surface area contributed by atoms with Gasteiger partial charge in [-0.1, -0.05) is 51.3 Å². The Hall–Kier alpha value is -2.46. The molecule has 2 aromatic carbocycles. The van der Waals surface area contributed by atoms with Gasteiger partial charge in [-0.2, -0.15) is 20.1 Å². The van der Waals surface area contributed by atoms with Gasteiger partial charge in [-0.15, -0.1) is 0 Å². The number of rotatable bonds is 6. The van der Waals surface area contributed by atoms with E-state index >= 15 is 0 Å². The third-order valence-electron chi connectivity index (χ3n) is 4.32. The molecule has 2 N–H and O–H groups in total. The minimum atomic E-state index is 0.310. The molecule has 0 atom stereocenters. The van der Waals surface area contributed by atoms with Crippen molar-refractivity contribution in [2.45, 2.75) is 0 Å². The van der Waals surface area contributed by atoms with E-state index in [1.54, 1.807) is 18.3 Å². The second kappa shape index (κ2) is 10.2. The topological polar surface area (TPSA) is 87.6 Å². The van der Waals surface area contributed by atoms with Gasteiger partial charge in [0.25, 0.3) is 0 Å². The summed E-state index contributed by atoms with van der Waals surface area (Å²) in [6.45, 7) is 2.65. The van der Waals surface area contributed by atoms with E-state index < -0.39 is 0 Å². The Morgan fingerprint density at radius 2 is 1.81 bits per heavy atom. The molecule has 0 bridgehead atoms. The fourth-order valence-electron chi connectivity index (χ4n) is 2.83. The average molecular weight is 523 g/mol. The number of hydrogen-bond acceptors (Lipinski definition) is 8. The van der Waals surface area contributed by atoms with Crippen LogP contribution in [0.25, 0.3) is 0 Å². The first kappa shape index (κ1) is 21.8. The minimum Gasteiger partial charge on any atom is -0.378 e. The second-order valence-corrected chi connectivity index (χ2v) is 8.29. The monoisotopic (exact) mass is 521 g/mol. The number of hydrogen-bond donors (Lipinski definition) is 2. The first-order valence-corrected chi connectivity index (χ1v) is 11.0. The summed E-state index contributed by atoms with van der Waals surface area (Å²) in [6.07, 6.45) is 1.61. The molecule has 1 aromatic heterocycles. The van der Waals surface area contributed by atoms with E-state index in [-0.39, 0.29) is 0 Å². The molecule has 0 spiro atoms. The van der Waals surface area contributed by atoms with E-state index in [1.165, 1.54) is 0 Å². The van der Waals surface area contributed by atoms with Gasteiger partial charge in [-0.25, -0.2) is 5.43 Å². The molecule has 1 aliphatic rings. The highest BCUT2D eigenvalue weighted by Gasteiger charge is 2.16. The van der Waals surface area contributed by atoms with Crippen LogP contribution in [-0.2, 0) is 4.74 Å². The number of halogens is 3. The van der Waals surface area contributed by atoms with E-state index in [0.29, 0.717) is 54.2 Å². The molecular formula is C20H18BrCl2N7O. The van der Waals surface area contributed by atoms with E-state index in [4.69, 9.17) is 27.9 Å². The predicted octanol–water partition coefficient (Wildman–Crippen LogP) is 4.97. The fourth-order valence-corrected chi connectivity index (χ4v) is 3.53. The smallest absolute Gasteiger partial charge is 0.250 e. The van der Waals surface area contributed by atoms with Crippen molar-refractivity contribution in [2.24, 2.45) is 5.10 Å². The number of aromatic nitrogens is 3. The minimum absolute atomic E-state index is 0.310.